The van der Waals surface area contributed by atoms with E-state index in [-0.39, 0.29) is 11.7 Å². The predicted octanol–water partition coefficient (Wildman–Crippen LogP) is 1.30. The number of methoxy groups -OCH3 is 1. The molecule has 1 aliphatic heterocycles. The molecule has 0 saturated carbocycles. The van der Waals surface area contributed by atoms with E-state index in [2.05, 4.69) is 41.5 Å². The van der Waals surface area contributed by atoms with Crippen molar-refractivity contribution in [1.82, 2.24) is 34.4 Å². The minimum absolute atomic E-state index is 0.153. The Morgan fingerprint density at radius 1 is 1.20 bits per heavy atom. The first kappa shape index (κ1) is 20.5. The van der Waals surface area contributed by atoms with Gasteiger partial charge in [-0.3, -0.25) is 4.79 Å². The molecule has 0 spiro atoms. The molecule has 3 aromatic rings. The molecule has 0 radical (unpaired) electrons. The lowest BCUT2D eigenvalue weighted by atomic mass is 10.2. The molecule has 0 aromatic carbocycles. The summed E-state index contributed by atoms with van der Waals surface area (Å²) in [7, 11) is 1.36. The SMILES string of the molecule is CCN1CCN(c2nccc(-c3cnc4nc(SCC(=O)OC)nn4c3C)n2)CC1. The number of hydrogen-bond acceptors (Lipinski definition) is 10. The highest BCUT2D eigenvalue weighted by atomic mass is 32.2. The maximum absolute atomic E-state index is 11.4. The van der Waals surface area contributed by atoms with Crippen LogP contribution in [0.1, 0.15) is 12.6 Å². The van der Waals surface area contributed by atoms with Gasteiger partial charge < -0.3 is 14.5 Å². The Kier molecular flexibility index (Phi) is 6.09. The van der Waals surface area contributed by atoms with Crippen LogP contribution in [0.4, 0.5) is 5.95 Å². The van der Waals surface area contributed by atoms with Crippen LogP contribution in [0.25, 0.3) is 17.0 Å². The lowest BCUT2D eigenvalue weighted by molar-refractivity contribution is -0.137. The van der Waals surface area contributed by atoms with Crippen LogP contribution in [0.3, 0.4) is 0 Å². The third-order valence-electron chi connectivity index (χ3n) is 5.16. The Balaban J connectivity index is 1.58. The summed E-state index contributed by atoms with van der Waals surface area (Å²) in [6, 6.07) is 1.88. The van der Waals surface area contributed by atoms with Gasteiger partial charge in [-0.2, -0.15) is 9.50 Å². The van der Waals surface area contributed by atoms with Crippen molar-refractivity contribution >= 4 is 29.5 Å². The molecule has 1 fully saturated rings. The van der Waals surface area contributed by atoms with E-state index in [9.17, 15) is 4.79 Å². The summed E-state index contributed by atoms with van der Waals surface area (Å²) in [5.74, 6) is 1.04. The van der Waals surface area contributed by atoms with Crippen LogP contribution in [0.2, 0.25) is 0 Å². The van der Waals surface area contributed by atoms with E-state index in [4.69, 9.17) is 4.98 Å². The van der Waals surface area contributed by atoms with Gasteiger partial charge in [-0.15, -0.1) is 5.10 Å². The number of likely N-dealkylation sites (N-methyl/N-ethyl adjacent to an activating group) is 1. The number of anilines is 1. The fraction of sp³-hybridized carbons (Fsp3) is 0.474. The zero-order valence-corrected chi connectivity index (χ0v) is 18.1. The van der Waals surface area contributed by atoms with Gasteiger partial charge in [0, 0.05) is 44.1 Å². The van der Waals surface area contributed by atoms with Gasteiger partial charge in [0.25, 0.3) is 5.78 Å². The number of rotatable bonds is 6. The molecule has 1 saturated heterocycles. The lowest BCUT2D eigenvalue weighted by Crippen LogP contribution is -2.46. The van der Waals surface area contributed by atoms with Crippen molar-refractivity contribution in [1.29, 1.82) is 0 Å². The molecule has 1 aliphatic rings. The molecule has 11 heteroatoms. The van der Waals surface area contributed by atoms with Crippen LogP contribution in [-0.4, -0.2) is 86.0 Å². The smallest absolute Gasteiger partial charge is 0.316 e. The van der Waals surface area contributed by atoms with Crippen LogP contribution in [0, 0.1) is 6.92 Å². The Labute approximate surface area is 178 Å². The molecule has 0 aliphatic carbocycles. The molecular weight excluding hydrogens is 404 g/mol. The largest absolute Gasteiger partial charge is 0.468 e. The highest BCUT2D eigenvalue weighted by Gasteiger charge is 2.19. The molecule has 0 amide bonds. The molecule has 0 unspecified atom stereocenters. The molecule has 4 rings (SSSR count). The molecule has 4 heterocycles. The van der Waals surface area contributed by atoms with E-state index in [0.29, 0.717) is 10.9 Å². The van der Waals surface area contributed by atoms with Gasteiger partial charge in [-0.05, 0) is 19.5 Å². The minimum atomic E-state index is -0.322. The minimum Gasteiger partial charge on any atom is -0.468 e. The molecule has 0 N–H and O–H groups in total. The molecular formula is C19H24N8O2S. The quantitative estimate of drug-likeness (QED) is 0.422. The average Bonchev–Trinajstić information content (AvgIpc) is 3.22. The fourth-order valence-corrected chi connectivity index (χ4v) is 3.98. The second-order valence-corrected chi connectivity index (χ2v) is 7.83. The van der Waals surface area contributed by atoms with E-state index in [1.54, 1.807) is 16.9 Å². The zero-order valence-electron chi connectivity index (χ0n) is 17.3. The highest BCUT2D eigenvalue weighted by molar-refractivity contribution is 7.99. The Morgan fingerprint density at radius 3 is 2.73 bits per heavy atom. The van der Waals surface area contributed by atoms with Gasteiger partial charge in [0.2, 0.25) is 11.1 Å². The third-order valence-corrected chi connectivity index (χ3v) is 5.97. The van der Waals surface area contributed by atoms with Gasteiger partial charge in [0.1, 0.15) is 0 Å². The summed E-state index contributed by atoms with van der Waals surface area (Å²) in [5, 5.41) is 4.95. The zero-order chi connectivity index (χ0) is 21.1. The van der Waals surface area contributed by atoms with E-state index in [1.165, 1.54) is 18.9 Å². The maximum Gasteiger partial charge on any atom is 0.316 e. The number of aryl methyl sites for hydroxylation is 1. The number of carbonyl (C=O) groups excluding carboxylic acids is 1. The average molecular weight is 429 g/mol. The first-order chi connectivity index (χ1) is 14.6. The normalized spacial score (nSPS) is 15.0. The van der Waals surface area contributed by atoms with Gasteiger partial charge in [-0.25, -0.2) is 15.0 Å². The fourth-order valence-electron chi connectivity index (χ4n) is 3.33. The Morgan fingerprint density at radius 2 is 2.00 bits per heavy atom. The van der Waals surface area contributed by atoms with Crippen molar-refractivity contribution in [3.05, 3.63) is 24.2 Å². The van der Waals surface area contributed by atoms with Crippen molar-refractivity contribution in [2.45, 2.75) is 19.0 Å². The predicted molar refractivity (Wildman–Crippen MR) is 114 cm³/mol. The van der Waals surface area contributed by atoms with E-state index in [1.807, 2.05) is 13.0 Å². The topological polar surface area (TPSA) is 102 Å². The molecule has 10 nitrogen and oxygen atoms in total. The number of carbonyl (C=O) groups is 1. The van der Waals surface area contributed by atoms with Crippen LogP contribution < -0.4 is 4.90 Å². The summed E-state index contributed by atoms with van der Waals surface area (Å²) >= 11 is 1.22. The summed E-state index contributed by atoms with van der Waals surface area (Å²) in [5.41, 5.74) is 2.54. The van der Waals surface area contributed by atoms with Crippen LogP contribution in [0.5, 0.6) is 0 Å². The first-order valence-electron chi connectivity index (χ1n) is 9.81. The van der Waals surface area contributed by atoms with Crippen molar-refractivity contribution in [2.24, 2.45) is 0 Å². The molecule has 0 atom stereocenters. The van der Waals surface area contributed by atoms with Crippen molar-refractivity contribution in [2.75, 3.05) is 50.5 Å². The number of esters is 1. The summed E-state index contributed by atoms with van der Waals surface area (Å²) < 4.78 is 6.34. The van der Waals surface area contributed by atoms with E-state index < -0.39 is 0 Å². The molecule has 158 valence electrons. The monoisotopic (exact) mass is 428 g/mol. The van der Waals surface area contributed by atoms with E-state index >= 15 is 0 Å². The van der Waals surface area contributed by atoms with Crippen LogP contribution in [0.15, 0.2) is 23.6 Å². The van der Waals surface area contributed by atoms with Crippen LogP contribution >= 0.6 is 11.8 Å². The highest BCUT2D eigenvalue weighted by Crippen LogP contribution is 2.24. The van der Waals surface area contributed by atoms with Gasteiger partial charge in [0.05, 0.1) is 24.3 Å². The van der Waals surface area contributed by atoms with Gasteiger partial charge in [-0.1, -0.05) is 18.7 Å². The number of hydrogen-bond donors (Lipinski definition) is 0. The summed E-state index contributed by atoms with van der Waals surface area (Å²) in [4.78, 5) is 34.1. The number of fused-ring (bicyclic) bond motifs is 1. The number of thioether (sulfide) groups is 1. The van der Waals surface area contributed by atoms with Gasteiger partial charge >= 0.3 is 5.97 Å². The molecule has 3 aromatic heterocycles. The maximum atomic E-state index is 11.4. The van der Waals surface area contributed by atoms with Crippen molar-refractivity contribution in [3.8, 4) is 11.3 Å². The summed E-state index contributed by atoms with van der Waals surface area (Å²) in [6.45, 7) is 9.06. The second kappa shape index (κ2) is 8.92. The number of ether oxygens (including phenoxy) is 1. The first-order valence-corrected chi connectivity index (χ1v) is 10.8. The Bertz CT molecular complexity index is 1050. The molecule has 30 heavy (non-hydrogen) atoms. The van der Waals surface area contributed by atoms with Crippen molar-refractivity contribution < 1.29 is 9.53 Å². The summed E-state index contributed by atoms with van der Waals surface area (Å²) in [6.07, 6.45) is 3.54. The number of nitrogens with zero attached hydrogens (tertiary/aromatic N) is 8. The van der Waals surface area contributed by atoms with Gasteiger partial charge in [0.15, 0.2) is 0 Å². The number of piperazine rings is 1. The van der Waals surface area contributed by atoms with E-state index in [0.717, 1.165) is 55.6 Å². The van der Waals surface area contributed by atoms with Crippen LogP contribution in [-0.2, 0) is 9.53 Å². The lowest BCUT2D eigenvalue weighted by Gasteiger charge is -2.34. The standard InChI is InChI=1S/C19H24N8O2S/c1-4-25-7-9-26(10-8-25)17-20-6-5-15(22-17)14-11-21-18-23-19(24-27(18)13(14)2)30-12-16(28)29-3/h5-6,11H,4,7-10,12H2,1-3H3. The molecule has 0 bridgehead atoms. The van der Waals surface area contributed by atoms with Crippen molar-refractivity contribution in [3.63, 3.8) is 0 Å². The third kappa shape index (κ3) is 4.21. The second-order valence-electron chi connectivity index (χ2n) is 6.89. The Hall–Kier alpha value is -2.79. The number of aromatic nitrogens is 6.